The topological polar surface area (TPSA) is 110 Å². The summed E-state index contributed by atoms with van der Waals surface area (Å²) in [6.07, 6.45) is 0.587. The molecule has 130 valence electrons. The minimum absolute atomic E-state index is 0.0155. The third-order valence-electron chi connectivity index (χ3n) is 5.27. The van der Waals surface area contributed by atoms with Crippen molar-refractivity contribution < 1.29 is 28.9 Å². The van der Waals surface area contributed by atoms with Crippen LogP contribution in [0, 0.1) is 11.8 Å². The molecule has 0 bridgehead atoms. The largest absolute Gasteiger partial charge is 0.480 e. The zero-order valence-corrected chi connectivity index (χ0v) is 13.0. The predicted molar refractivity (Wildman–Crippen MR) is 82.1 cm³/mol. The third kappa shape index (κ3) is 2.39. The summed E-state index contributed by atoms with van der Waals surface area (Å²) < 4.78 is 20.0. The van der Waals surface area contributed by atoms with Crippen molar-refractivity contribution in [2.24, 2.45) is 17.6 Å². The number of carboxylic acids is 2. The van der Waals surface area contributed by atoms with Gasteiger partial charge in [-0.3, -0.25) is 4.79 Å². The Hall–Kier alpha value is -1.99. The van der Waals surface area contributed by atoms with Gasteiger partial charge in [0.05, 0.1) is 6.10 Å². The van der Waals surface area contributed by atoms with E-state index in [0.717, 1.165) is 12.0 Å². The number of rotatable bonds is 7. The first-order valence-corrected chi connectivity index (χ1v) is 7.93. The van der Waals surface area contributed by atoms with Gasteiger partial charge in [-0.05, 0) is 24.8 Å². The minimum Gasteiger partial charge on any atom is -0.480 e. The Morgan fingerprint density at radius 2 is 1.92 bits per heavy atom. The molecule has 2 fully saturated rings. The maximum Gasteiger partial charge on any atom is 0.342 e. The van der Waals surface area contributed by atoms with Gasteiger partial charge in [0.1, 0.15) is 5.54 Å². The Morgan fingerprint density at radius 3 is 2.50 bits per heavy atom. The lowest BCUT2D eigenvalue weighted by atomic mass is 9.88. The number of carbonyl (C=O) groups is 2. The predicted octanol–water partition coefficient (Wildman–Crippen LogP) is 1.23. The fourth-order valence-corrected chi connectivity index (χ4v) is 3.95. The van der Waals surface area contributed by atoms with Crippen LogP contribution in [0.4, 0.5) is 4.39 Å². The van der Waals surface area contributed by atoms with Crippen molar-refractivity contribution in [1.29, 1.82) is 0 Å². The lowest BCUT2D eigenvalue weighted by Crippen LogP contribution is -2.60. The number of benzene rings is 1. The standard InChI is InChI=1S/C17H20FNO5/c18-16(14(20)21)11-9-12(17(19,13(11)16)15(22)23)24-8-4-7-10-5-2-1-3-6-10/h1-3,5-6,11-13H,4,7-9,19H2,(H,20,21)(H,22,23)/t11?,12?,13?,16-,17+/m1/s1. The van der Waals surface area contributed by atoms with E-state index in [1.165, 1.54) is 0 Å². The highest BCUT2D eigenvalue weighted by atomic mass is 19.1. The van der Waals surface area contributed by atoms with Crippen molar-refractivity contribution in [3.8, 4) is 0 Å². The SMILES string of the molecule is N[C@@]1(C(=O)O)C(OCCCc2ccccc2)CC2C1[C@@]2(F)C(=O)O. The van der Waals surface area contributed by atoms with E-state index in [4.69, 9.17) is 15.6 Å². The highest BCUT2D eigenvalue weighted by molar-refractivity contribution is 5.90. The molecule has 3 rings (SSSR count). The number of alkyl halides is 1. The molecule has 7 heteroatoms. The van der Waals surface area contributed by atoms with Crippen LogP contribution in [0.1, 0.15) is 18.4 Å². The molecule has 0 aliphatic heterocycles. The second-order valence-corrected chi connectivity index (χ2v) is 6.58. The van der Waals surface area contributed by atoms with Gasteiger partial charge in [-0.1, -0.05) is 30.3 Å². The summed E-state index contributed by atoms with van der Waals surface area (Å²) in [7, 11) is 0. The Kier molecular flexibility index (Phi) is 4.09. The van der Waals surface area contributed by atoms with E-state index in [1.54, 1.807) is 0 Å². The van der Waals surface area contributed by atoms with Gasteiger partial charge in [0.25, 0.3) is 0 Å². The first-order valence-electron chi connectivity index (χ1n) is 7.93. The van der Waals surface area contributed by atoms with Crippen LogP contribution in [0.2, 0.25) is 0 Å². The number of aryl methyl sites for hydroxylation is 1. The zero-order chi connectivity index (χ0) is 17.5. The van der Waals surface area contributed by atoms with Crippen molar-refractivity contribution in [2.75, 3.05) is 6.61 Å². The lowest BCUT2D eigenvalue weighted by Gasteiger charge is -2.31. The molecule has 3 unspecified atom stereocenters. The fraction of sp³-hybridized carbons (Fsp3) is 0.529. The van der Waals surface area contributed by atoms with Crippen LogP contribution in [-0.2, 0) is 20.7 Å². The molecule has 0 spiro atoms. The van der Waals surface area contributed by atoms with Gasteiger partial charge in [-0.15, -0.1) is 0 Å². The van der Waals surface area contributed by atoms with Crippen LogP contribution in [0.25, 0.3) is 0 Å². The normalized spacial score (nSPS) is 37.0. The maximum atomic E-state index is 14.4. The number of hydrogen-bond acceptors (Lipinski definition) is 4. The minimum atomic E-state index is -2.54. The molecule has 1 aromatic carbocycles. The summed E-state index contributed by atoms with van der Waals surface area (Å²) in [4.78, 5) is 22.6. The molecule has 0 saturated heterocycles. The Balaban J connectivity index is 1.59. The summed E-state index contributed by atoms with van der Waals surface area (Å²) >= 11 is 0. The molecule has 0 heterocycles. The summed E-state index contributed by atoms with van der Waals surface area (Å²) in [6.45, 7) is 0.289. The van der Waals surface area contributed by atoms with Crippen LogP contribution >= 0.6 is 0 Å². The number of ether oxygens (including phenoxy) is 1. The van der Waals surface area contributed by atoms with Crippen LogP contribution in [-0.4, -0.2) is 46.1 Å². The van der Waals surface area contributed by atoms with E-state index < -0.39 is 41.1 Å². The number of aliphatic carboxylic acids is 2. The maximum absolute atomic E-state index is 14.4. The summed E-state index contributed by atoms with van der Waals surface area (Å²) in [5, 5.41) is 18.4. The molecule has 2 aliphatic rings. The fourth-order valence-electron chi connectivity index (χ4n) is 3.95. The van der Waals surface area contributed by atoms with Gasteiger partial charge in [0.2, 0.25) is 5.67 Å². The number of carboxylic acid groups (broad SMARTS) is 2. The molecule has 5 atom stereocenters. The van der Waals surface area contributed by atoms with Crippen LogP contribution < -0.4 is 5.73 Å². The quantitative estimate of drug-likeness (QED) is 0.646. The van der Waals surface area contributed by atoms with Crippen molar-refractivity contribution in [3.05, 3.63) is 35.9 Å². The van der Waals surface area contributed by atoms with Gasteiger partial charge >= 0.3 is 11.9 Å². The molecule has 1 aromatic rings. The van der Waals surface area contributed by atoms with Crippen molar-refractivity contribution in [2.45, 2.75) is 36.6 Å². The number of fused-ring (bicyclic) bond motifs is 1. The number of halogens is 1. The first kappa shape index (κ1) is 16.9. The Morgan fingerprint density at radius 1 is 1.25 bits per heavy atom. The van der Waals surface area contributed by atoms with Gasteiger partial charge in [-0.2, -0.15) is 0 Å². The van der Waals surface area contributed by atoms with E-state index in [9.17, 15) is 19.1 Å². The average Bonchev–Trinajstić information content (AvgIpc) is 3.03. The molecule has 0 amide bonds. The van der Waals surface area contributed by atoms with E-state index >= 15 is 0 Å². The number of nitrogens with two attached hydrogens (primary N) is 1. The molecule has 0 aromatic heterocycles. The Bertz CT molecular complexity index is 654. The summed E-state index contributed by atoms with van der Waals surface area (Å²) in [6, 6.07) is 9.76. The zero-order valence-electron chi connectivity index (χ0n) is 13.0. The van der Waals surface area contributed by atoms with E-state index in [0.29, 0.717) is 6.42 Å². The van der Waals surface area contributed by atoms with Crippen LogP contribution in [0.3, 0.4) is 0 Å². The van der Waals surface area contributed by atoms with Gasteiger partial charge in [-0.25, -0.2) is 9.18 Å². The second-order valence-electron chi connectivity index (χ2n) is 6.58. The summed E-state index contributed by atoms with van der Waals surface area (Å²) in [5.41, 5.74) is 2.51. The van der Waals surface area contributed by atoms with Crippen LogP contribution in [0.15, 0.2) is 30.3 Å². The molecule has 2 aliphatic carbocycles. The summed E-state index contributed by atoms with van der Waals surface area (Å²) in [5.74, 6) is -5.19. The average molecular weight is 337 g/mol. The Labute approximate surface area is 138 Å². The van der Waals surface area contributed by atoms with E-state index in [2.05, 4.69) is 0 Å². The monoisotopic (exact) mass is 337 g/mol. The highest BCUT2D eigenvalue weighted by Crippen LogP contribution is 2.67. The third-order valence-corrected chi connectivity index (χ3v) is 5.27. The molecule has 0 radical (unpaired) electrons. The smallest absolute Gasteiger partial charge is 0.342 e. The second kappa shape index (κ2) is 5.82. The molecular formula is C17H20FNO5. The van der Waals surface area contributed by atoms with Crippen molar-refractivity contribution >= 4 is 11.9 Å². The van der Waals surface area contributed by atoms with E-state index in [1.807, 2.05) is 30.3 Å². The van der Waals surface area contributed by atoms with E-state index in [-0.39, 0.29) is 13.0 Å². The first-order chi connectivity index (χ1) is 11.3. The molecule has 4 N–H and O–H groups in total. The molecular weight excluding hydrogens is 317 g/mol. The molecule has 6 nitrogen and oxygen atoms in total. The van der Waals surface area contributed by atoms with Gasteiger partial charge in [0, 0.05) is 18.4 Å². The lowest BCUT2D eigenvalue weighted by molar-refractivity contribution is -0.155. The van der Waals surface area contributed by atoms with Crippen LogP contribution in [0.5, 0.6) is 0 Å². The molecule has 24 heavy (non-hydrogen) atoms. The number of hydrogen-bond donors (Lipinski definition) is 3. The van der Waals surface area contributed by atoms with Gasteiger partial charge < -0.3 is 20.7 Å². The van der Waals surface area contributed by atoms with Gasteiger partial charge in [0.15, 0.2) is 0 Å². The van der Waals surface area contributed by atoms with Crippen molar-refractivity contribution in [1.82, 2.24) is 0 Å². The highest BCUT2D eigenvalue weighted by Gasteiger charge is 2.85. The van der Waals surface area contributed by atoms with Crippen molar-refractivity contribution in [3.63, 3.8) is 0 Å². The molecule has 2 saturated carbocycles.